The van der Waals surface area contributed by atoms with Gasteiger partial charge in [-0.3, -0.25) is 10.0 Å². The van der Waals surface area contributed by atoms with Gasteiger partial charge in [0.1, 0.15) is 5.78 Å². The van der Waals surface area contributed by atoms with Gasteiger partial charge in [0.05, 0.1) is 11.8 Å². The fraction of sp³-hybridized carbons (Fsp3) is 0.467. The first-order chi connectivity index (χ1) is 8.95. The Bertz CT molecular complexity index is 422. The molecular weight excluding hydrogens is 242 g/mol. The summed E-state index contributed by atoms with van der Waals surface area (Å²) in [4.78, 5) is 11.5. The summed E-state index contributed by atoms with van der Waals surface area (Å²) >= 11 is 0. The van der Waals surface area contributed by atoms with Crippen molar-refractivity contribution >= 4 is 11.5 Å². The Hall–Kier alpha value is -1.84. The molecule has 1 rings (SSSR count). The van der Waals surface area contributed by atoms with Crippen molar-refractivity contribution < 1.29 is 14.9 Å². The van der Waals surface area contributed by atoms with Crippen molar-refractivity contribution in [2.45, 2.75) is 40.5 Å². The van der Waals surface area contributed by atoms with Gasteiger partial charge in [-0.15, -0.1) is 0 Å². The molecule has 19 heavy (non-hydrogen) atoms. The summed E-state index contributed by atoms with van der Waals surface area (Å²) in [5, 5.41) is 19.8. The Balaban J connectivity index is 0.00000154. The van der Waals surface area contributed by atoms with Crippen molar-refractivity contribution in [3.63, 3.8) is 0 Å². The van der Waals surface area contributed by atoms with Crippen LogP contribution in [0.4, 0.5) is 0 Å². The van der Waals surface area contributed by atoms with Crippen molar-refractivity contribution in [1.29, 1.82) is 0 Å². The topological polar surface area (TPSA) is 63.4 Å². The zero-order chi connectivity index (χ0) is 15.0. The quantitative estimate of drug-likeness (QED) is 0.393. The molecule has 0 fully saturated rings. The lowest BCUT2D eigenvalue weighted by Crippen LogP contribution is -2.27. The van der Waals surface area contributed by atoms with Gasteiger partial charge in [-0.25, -0.2) is 0 Å². The second kappa shape index (κ2) is 8.29. The summed E-state index contributed by atoms with van der Waals surface area (Å²) in [6, 6.07) is 9.26. The van der Waals surface area contributed by atoms with Crippen molar-refractivity contribution in [3.8, 4) is 0 Å². The molecule has 0 heterocycles. The van der Waals surface area contributed by atoms with Gasteiger partial charge in [-0.1, -0.05) is 51.1 Å². The molecule has 1 aromatic rings. The molecule has 2 atom stereocenters. The van der Waals surface area contributed by atoms with E-state index in [1.165, 1.54) is 13.8 Å². The van der Waals surface area contributed by atoms with E-state index in [9.17, 15) is 10.0 Å². The van der Waals surface area contributed by atoms with Crippen molar-refractivity contribution in [1.82, 2.24) is 0 Å². The predicted octanol–water partition coefficient (Wildman–Crippen LogP) is 3.38. The standard InChI is InChI=1S/C13H17NO3.C2H6/c1-9(10(2)14(16)17)13(11(3)15)12-7-5-4-6-8-12;1-2/h4-9,13H,1-3H3,(H,16,17);1-2H3. The number of rotatable bonds is 4. The highest BCUT2D eigenvalue weighted by molar-refractivity contribution is 5.91. The normalized spacial score (nSPS) is 14.6. The van der Waals surface area contributed by atoms with Crippen LogP contribution in [0.15, 0.2) is 30.3 Å². The van der Waals surface area contributed by atoms with Crippen LogP contribution in [0.5, 0.6) is 0 Å². The molecule has 0 bridgehead atoms. The van der Waals surface area contributed by atoms with Crippen LogP contribution in [-0.2, 0) is 4.79 Å². The first kappa shape index (κ1) is 17.2. The minimum absolute atomic E-state index is 0.0232. The molecule has 1 aromatic carbocycles. The summed E-state index contributed by atoms with van der Waals surface area (Å²) in [6.07, 6.45) is 0. The van der Waals surface area contributed by atoms with Crippen LogP contribution in [0.3, 0.4) is 0 Å². The number of nitrogens with zero attached hydrogens (tertiary/aromatic N) is 1. The summed E-state index contributed by atoms with van der Waals surface area (Å²) in [7, 11) is 0. The maximum Gasteiger partial charge on any atom is 0.222 e. The summed E-state index contributed by atoms with van der Waals surface area (Å²) in [5.41, 5.74) is 1.09. The second-order valence-electron chi connectivity index (χ2n) is 4.20. The number of hydrogen-bond acceptors (Lipinski definition) is 3. The number of benzene rings is 1. The molecule has 1 N–H and O–H groups in total. The lowest BCUT2D eigenvalue weighted by atomic mass is 9.82. The van der Waals surface area contributed by atoms with Crippen LogP contribution in [-0.4, -0.2) is 21.6 Å². The van der Waals surface area contributed by atoms with E-state index >= 15 is 0 Å². The summed E-state index contributed by atoms with van der Waals surface area (Å²) in [5.74, 6) is -0.762. The fourth-order valence-electron chi connectivity index (χ4n) is 1.95. The van der Waals surface area contributed by atoms with Gasteiger partial charge >= 0.3 is 0 Å². The summed E-state index contributed by atoms with van der Waals surface area (Å²) in [6.45, 7) is 8.78. The van der Waals surface area contributed by atoms with E-state index in [1.807, 2.05) is 44.2 Å². The Morgan fingerprint density at radius 2 is 1.68 bits per heavy atom. The van der Waals surface area contributed by atoms with Gasteiger partial charge in [-0.05, 0) is 12.5 Å². The zero-order valence-corrected chi connectivity index (χ0v) is 12.3. The number of carbonyl (C=O) groups is 1. The van der Waals surface area contributed by atoms with E-state index in [0.29, 0.717) is 0 Å². The average molecular weight is 265 g/mol. The molecule has 2 unspecified atom stereocenters. The summed E-state index contributed by atoms with van der Waals surface area (Å²) < 4.78 is 0. The van der Waals surface area contributed by atoms with Crippen LogP contribution in [0, 0.1) is 11.1 Å². The van der Waals surface area contributed by atoms with Gasteiger partial charge in [0.15, 0.2) is 0 Å². The molecule has 0 saturated heterocycles. The minimum atomic E-state index is -0.403. The third kappa shape index (κ3) is 4.73. The molecule has 0 radical (unpaired) electrons. The predicted molar refractivity (Wildman–Crippen MR) is 76.5 cm³/mol. The molecule has 0 aliphatic heterocycles. The lowest BCUT2D eigenvalue weighted by molar-refractivity contribution is -0.727. The van der Waals surface area contributed by atoms with Gasteiger partial charge in [-0.2, -0.15) is 0 Å². The van der Waals surface area contributed by atoms with Crippen LogP contribution in [0.2, 0.25) is 0 Å². The first-order valence-electron chi connectivity index (χ1n) is 6.50. The molecule has 0 aromatic heterocycles. The molecule has 0 spiro atoms. The van der Waals surface area contributed by atoms with E-state index in [-0.39, 0.29) is 22.3 Å². The molecule has 4 heteroatoms. The molecule has 4 nitrogen and oxygen atoms in total. The van der Waals surface area contributed by atoms with Crippen molar-refractivity contribution in [3.05, 3.63) is 41.1 Å². The molecule has 0 aliphatic rings. The Morgan fingerprint density at radius 1 is 1.21 bits per heavy atom. The van der Waals surface area contributed by atoms with E-state index in [2.05, 4.69) is 0 Å². The highest BCUT2D eigenvalue weighted by Gasteiger charge is 2.30. The monoisotopic (exact) mass is 265 g/mol. The van der Waals surface area contributed by atoms with Gasteiger partial charge < -0.3 is 5.21 Å². The van der Waals surface area contributed by atoms with Crippen LogP contribution in [0.25, 0.3) is 0 Å². The maximum absolute atomic E-state index is 11.7. The Morgan fingerprint density at radius 3 is 2.05 bits per heavy atom. The molecule has 0 amide bonds. The number of hydrogen-bond donors (Lipinski definition) is 1. The second-order valence-corrected chi connectivity index (χ2v) is 4.20. The Kier molecular flexibility index (Phi) is 7.49. The molecule has 106 valence electrons. The van der Waals surface area contributed by atoms with Crippen LogP contribution >= 0.6 is 0 Å². The van der Waals surface area contributed by atoms with Crippen LogP contribution < -0.4 is 0 Å². The van der Waals surface area contributed by atoms with E-state index in [4.69, 9.17) is 5.21 Å². The van der Waals surface area contributed by atoms with E-state index in [0.717, 1.165) is 5.56 Å². The van der Waals surface area contributed by atoms with E-state index < -0.39 is 5.92 Å². The highest BCUT2D eigenvalue weighted by atomic mass is 16.8. The first-order valence-corrected chi connectivity index (χ1v) is 6.50. The third-order valence-corrected chi connectivity index (χ3v) is 3.06. The number of Topliss-reactive ketones (excluding diaryl/α,β-unsaturated/α-hetero) is 1. The SMILES string of the molecule is CC.CC(=O)C(c1ccccc1)C(C)/C(C)=[N+](/[O-])O. The van der Waals surface area contributed by atoms with Gasteiger partial charge in [0.25, 0.3) is 0 Å². The average Bonchev–Trinajstić information content (AvgIpc) is 2.41. The molecule has 0 saturated carbocycles. The van der Waals surface area contributed by atoms with Crippen LogP contribution in [0.1, 0.15) is 46.1 Å². The number of carbonyl (C=O) groups excluding carboxylic acids is 1. The largest absolute Gasteiger partial charge is 0.418 e. The van der Waals surface area contributed by atoms with Gasteiger partial charge in [0.2, 0.25) is 5.71 Å². The smallest absolute Gasteiger partial charge is 0.222 e. The number of ketones is 1. The fourth-order valence-corrected chi connectivity index (χ4v) is 1.95. The lowest BCUT2D eigenvalue weighted by Gasteiger charge is -2.19. The van der Waals surface area contributed by atoms with Crippen molar-refractivity contribution in [2.75, 3.05) is 0 Å². The molecule has 0 aliphatic carbocycles. The Labute approximate surface area is 114 Å². The highest BCUT2D eigenvalue weighted by Crippen LogP contribution is 2.26. The van der Waals surface area contributed by atoms with Crippen molar-refractivity contribution in [2.24, 2.45) is 5.92 Å². The van der Waals surface area contributed by atoms with E-state index in [1.54, 1.807) is 6.92 Å². The third-order valence-electron chi connectivity index (χ3n) is 3.06. The molecular formula is C15H23NO3. The maximum atomic E-state index is 11.7. The minimum Gasteiger partial charge on any atom is -0.418 e. The van der Waals surface area contributed by atoms with Gasteiger partial charge in [0, 0.05) is 11.8 Å². The zero-order valence-electron chi connectivity index (χ0n) is 12.3.